The molecule has 8 nitrogen and oxygen atoms in total. The molecule has 4 rings (SSSR count). The molecule has 178 valence electrons. The number of piperidine rings is 1. The summed E-state index contributed by atoms with van der Waals surface area (Å²) in [5, 5.41) is 0. The van der Waals surface area contributed by atoms with Gasteiger partial charge in [0.25, 0.3) is 11.4 Å². The van der Waals surface area contributed by atoms with Gasteiger partial charge in [-0.2, -0.15) is 0 Å². The second-order valence-electron chi connectivity index (χ2n) is 9.14. The Bertz CT molecular complexity index is 1260. The molecule has 1 aliphatic heterocycles. The molecule has 8 heteroatoms. The van der Waals surface area contributed by atoms with Gasteiger partial charge in [-0.15, -0.1) is 4.98 Å². The third kappa shape index (κ3) is 4.69. The van der Waals surface area contributed by atoms with E-state index in [2.05, 4.69) is 33.6 Å². The zero-order chi connectivity index (χ0) is 24.4. The van der Waals surface area contributed by atoms with Crippen molar-refractivity contribution in [3.05, 3.63) is 58.3 Å². The Morgan fingerprint density at radius 3 is 2.71 bits per heavy atom. The maximum Gasteiger partial charge on any atom is 0.270 e. The van der Waals surface area contributed by atoms with Gasteiger partial charge in [0.15, 0.2) is 0 Å². The highest BCUT2D eigenvalue weighted by molar-refractivity contribution is 5.89. The Balaban J connectivity index is 1.61. The Labute approximate surface area is 200 Å². The lowest BCUT2D eigenvalue weighted by Crippen LogP contribution is -2.50. The number of ether oxygens (including phenoxy) is 2. The molecule has 0 amide bonds. The van der Waals surface area contributed by atoms with Crippen LogP contribution in [0.5, 0.6) is 11.6 Å². The van der Waals surface area contributed by atoms with E-state index in [-0.39, 0.29) is 29.7 Å². The van der Waals surface area contributed by atoms with E-state index in [0.29, 0.717) is 17.2 Å². The Kier molecular flexibility index (Phi) is 6.73. The summed E-state index contributed by atoms with van der Waals surface area (Å²) >= 11 is 0. The van der Waals surface area contributed by atoms with Crippen LogP contribution in [0.2, 0.25) is 0 Å². The molecule has 3 atom stereocenters. The van der Waals surface area contributed by atoms with E-state index in [1.807, 2.05) is 26.0 Å². The fourth-order valence-corrected chi connectivity index (χ4v) is 4.59. The smallest absolute Gasteiger partial charge is 0.270 e. The van der Waals surface area contributed by atoms with E-state index >= 15 is 0 Å². The largest absolute Gasteiger partial charge is 0.489 e. The summed E-state index contributed by atoms with van der Waals surface area (Å²) in [4.78, 5) is 27.4. The van der Waals surface area contributed by atoms with Gasteiger partial charge in [-0.25, -0.2) is 4.98 Å². The van der Waals surface area contributed by atoms with E-state index in [1.54, 1.807) is 36.0 Å². The van der Waals surface area contributed by atoms with Crippen LogP contribution in [-0.4, -0.2) is 39.3 Å². The topological polar surface area (TPSA) is 73.8 Å². The molecule has 1 fully saturated rings. The first-order valence-electron chi connectivity index (χ1n) is 11.7. The van der Waals surface area contributed by atoms with Crippen LogP contribution in [0.3, 0.4) is 0 Å². The van der Waals surface area contributed by atoms with Crippen molar-refractivity contribution < 1.29 is 9.47 Å². The minimum absolute atomic E-state index is 0.00480. The van der Waals surface area contributed by atoms with Crippen molar-refractivity contribution in [1.29, 1.82) is 0 Å². The monoisotopic (exact) mass is 461 g/mol. The lowest BCUT2D eigenvalue weighted by Gasteiger charge is -2.43. The predicted octanol–water partition coefficient (Wildman–Crippen LogP) is 4.74. The zero-order valence-corrected chi connectivity index (χ0v) is 20.4. The summed E-state index contributed by atoms with van der Waals surface area (Å²) in [6, 6.07) is 8.95. The maximum atomic E-state index is 12.7. The van der Waals surface area contributed by atoms with Crippen LogP contribution in [0, 0.1) is 12.5 Å². The Morgan fingerprint density at radius 2 is 2.06 bits per heavy atom. The SMILES string of the molecule is [C-]#[N+]c1ccc2c(n1)c(N1C[C@@H](CC)[C@@H](Oc3ccc(OC(C)C)cn3)C[C@@H]1C)cc(=O)n2C. The van der Waals surface area contributed by atoms with E-state index in [1.165, 1.54) is 0 Å². The number of aryl methyl sites for hydroxylation is 1. The normalized spacial score (nSPS) is 20.4. The number of nitrogens with zero attached hydrogens (tertiary/aromatic N) is 5. The molecule has 4 heterocycles. The first-order valence-corrected chi connectivity index (χ1v) is 11.7. The number of rotatable bonds is 6. The summed E-state index contributed by atoms with van der Waals surface area (Å²) < 4.78 is 13.6. The van der Waals surface area contributed by atoms with Gasteiger partial charge in [-0.1, -0.05) is 13.5 Å². The molecule has 0 bridgehead atoms. The van der Waals surface area contributed by atoms with Crippen LogP contribution >= 0.6 is 0 Å². The van der Waals surface area contributed by atoms with Gasteiger partial charge >= 0.3 is 0 Å². The standard InChI is InChI=1S/C26H31N5O3/c1-7-18-15-31(21-13-25(32)30(6)20-9-10-23(27-5)29-26(20)21)17(4)12-22(18)34-24-11-8-19(14-28-24)33-16(2)3/h8-11,13-14,16-18,22H,7,12,15H2,1-4,6H3/t17-,18+,22-/m0/s1. The highest BCUT2D eigenvalue weighted by atomic mass is 16.5. The van der Waals surface area contributed by atoms with Gasteiger partial charge in [-0.3, -0.25) is 4.79 Å². The first-order chi connectivity index (χ1) is 16.3. The molecular weight excluding hydrogens is 430 g/mol. The van der Waals surface area contributed by atoms with Gasteiger partial charge < -0.3 is 23.8 Å². The molecule has 1 saturated heterocycles. The fourth-order valence-electron chi connectivity index (χ4n) is 4.59. The number of aromatic nitrogens is 3. The number of hydrogen-bond acceptors (Lipinski definition) is 6. The number of fused-ring (bicyclic) bond motifs is 1. The molecule has 3 aromatic rings. The van der Waals surface area contributed by atoms with Crippen molar-refractivity contribution in [3.63, 3.8) is 0 Å². The average molecular weight is 462 g/mol. The third-order valence-corrected chi connectivity index (χ3v) is 6.42. The zero-order valence-electron chi connectivity index (χ0n) is 20.4. The van der Waals surface area contributed by atoms with Crippen LogP contribution in [0.25, 0.3) is 15.9 Å². The van der Waals surface area contributed by atoms with Gasteiger partial charge in [0, 0.05) is 44.1 Å². The second kappa shape index (κ2) is 9.72. The first kappa shape index (κ1) is 23.6. The average Bonchev–Trinajstić information content (AvgIpc) is 2.82. The molecule has 0 unspecified atom stereocenters. The van der Waals surface area contributed by atoms with Gasteiger partial charge in [0.05, 0.1) is 23.5 Å². The minimum atomic E-state index is -0.0913. The minimum Gasteiger partial charge on any atom is -0.489 e. The van der Waals surface area contributed by atoms with Crippen LogP contribution in [0.1, 0.15) is 40.5 Å². The summed E-state index contributed by atoms with van der Waals surface area (Å²) in [5.74, 6) is 1.87. The number of anilines is 1. The second-order valence-corrected chi connectivity index (χ2v) is 9.14. The van der Waals surface area contributed by atoms with Crippen LogP contribution in [0.15, 0.2) is 41.3 Å². The molecule has 1 aliphatic rings. The summed E-state index contributed by atoms with van der Waals surface area (Å²) in [7, 11) is 1.73. The molecule has 0 aromatic carbocycles. The van der Waals surface area contributed by atoms with Crippen LogP contribution in [0.4, 0.5) is 11.5 Å². The summed E-state index contributed by atoms with van der Waals surface area (Å²) in [5.41, 5.74) is 2.09. The van der Waals surface area contributed by atoms with E-state index in [4.69, 9.17) is 16.0 Å². The van der Waals surface area contributed by atoms with Crippen molar-refractivity contribution >= 4 is 22.5 Å². The van der Waals surface area contributed by atoms with E-state index in [0.717, 1.165) is 36.3 Å². The van der Waals surface area contributed by atoms with Crippen LogP contribution < -0.4 is 19.9 Å². The van der Waals surface area contributed by atoms with Crippen molar-refractivity contribution in [2.24, 2.45) is 13.0 Å². The highest BCUT2D eigenvalue weighted by Crippen LogP contribution is 2.35. The van der Waals surface area contributed by atoms with Crippen molar-refractivity contribution in [2.75, 3.05) is 11.4 Å². The fraction of sp³-hybridized carbons (Fsp3) is 0.462. The molecule has 34 heavy (non-hydrogen) atoms. The summed E-state index contributed by atoms with van der Waals surface area (Å²) in [6.45, 7) is 16.3. The maximum absolute atomic E-state index is 12.7. The molecule has 0 N–H and O–H groups in total. The molecule has 0 radical (unpaired) electrons. The Hall–Kier alpha value is -3.60. The molecular formula is C26H31N5O3. The highest BCUT2D eigenvalue weighted by Gasteiger charge is 2.36. The lowest BCUT2D eigenvalue weighted by molar-refractivity contribution is 0.0911. The summed E-state index contributed by atoms with van der Waals surface area (Å²) in [6.07, 6.45) is 3.50. The molecule has 0 saturated carbocycles. The molecule has 0 spiro atoms. The molecule has 3 aromatic heterocycles. The van der Waals surface area contributed by atoms with Crippen molar-refractivity contribution in [2.45, 2.75) is 58.8 Å². The predicted molar refractivity (Wildman–Crippen MR) is 133 cm³/mol. The number of pyridine rings is 3. The third-order valence-electron chi connectivity index (χ3n) is 6.42. The van der Waals surface area contributed by atoms with E-state index < -0.39 is 0 Å². The Morgan fingerprint density at radius 1 is 1.26 bits per heavy atom. The van der Waals surface area contributed by atoms with Crippen molar-refractivity contribution in [1.82, 2.24) is 14.5 Å². The molecule has 0 aliphatic carbocycles. The van der Waals surface area contributed by atoms with Crippen LogP contribution in [-0.2, 0) is 7.05 Å². The quantitative estimate of drug-likeness (QED) is 0.494. The van der Waals surface area contributed by atoms with E-state index in [9.17, 15) is 4.79 Å². The number of hydrogen-bond donors (Lipinski definition) is 0. The van der Waals surface area contributed by atoms with Gasteiger partial charge in [0.1, 0.15) is 11.9 Å². The van der Waals surface area contributed by atoms with Crippen molar-refractivity contribution in [3.8, 4) is 11.6 Å². The lowest BCUT2D eigenvalue weighted by atomic mass is 9.88. The van der Waals surface area contributed by atoms with Gasteiger partial charge in [0.2, 0.25) is 11.4 Å². The van der Waals surface area contributed by atoms with Gasteiger partial charge in [-0.05, 0) is 45.4 Å².